The number of rotatable bonds is 5. The molecule has 0 amide bonds. The van der Waals surface area contributed by atoms with E-state index >= 15 is 0 Å². The van der Waals surface area contributed by atoms with Gasteiger partial charge in [-0.2, -0.15) is 0 Å². The van der Waals surface area contributed by atoms with Gasteiger partial charge in [0.2, 0.25) is 10.0 Å². The van der Waals surface area contributed by atoms with E-state index in [1.807, 2.05) is 17.5 Å². The van der Waals surface area contributed by atoms with E-state index in [4.69, 9.17) is 0 Å². The zero-order valence-electron chi connectivity index (χ0n) is 13.1. The smallest absolute Gasteiger partial charge is 0.210 e. The number of hydrogen-bond acceptors (Lipinski definition) is 3. The highest BCUT2D eigenvalue weighted by atomic mass is 32.2. The van der Waals surface area contributed by atoms with E-state index in [9.17, 15) is 17.2 Å². The molecule has 1 aliphatic rings. The van der Waals surface area contributed by atoms with E-state index in [1.165, 1.54) is 0 Å². The molecule has 0 radical (unpaired) electrons. The van der Waals surface area contributed by atoms with E-state index in [0.717, 1.165) is 49.1 Å². The van der Waals surface area contributed by atoms with Crippen LogP contribution in [0.2, 0.25) is 0 Å². The van der Waals surface area contributed by atoms with Gasteiger partial charge in [0.05, 0.1) is 0 Å². The molecule has 130 valence electrons. The summed E-state index contributed by atoms with van der Waals surface area (Å²) in [6, 6.07) is 6.50. The minimum atomic E-state index is -4.02. The predicted octanol–water partition coefficient (Wildman–Crippen LogP) is 4.21. The van der Waals surface area contributed by atoms with E-state index in [0.29, 0.717) is 6.07 Å². The summed E-state index contributed by atoms with van der Waals surface area (Å²) < 4.78 is 54.3. The summed E-state index contributed by atoms with van der Waals surface area (Å²) in [5.41, 5.74) is -0.240. The minimum Gasteiger partial charge on any atom is -0.210 e. The van der Waals surface area contributed by atoms with Crippen molar-refractivity contribution in [2.24, 2.45) is 0 Å². The fraction of sp³-hybridized carbons (Fsp3) is 0.412. The molecular formula is C17H19F2NO2S2. The Hall–Kier alpha value is -1.31. The van der Waals surface area contributed by atoms with Crippen LogP contribution >= 0.6 is 11.3 Å². The van der Waals surface area contributed by atoms with E-state index < -0.39 is 26.6 Å². The molecule has 0 spiro atoms. The lowest BCUT2D eigenvalue weighted by Crippen LogP contribution is -2.41. The third-order valence-corrected chi connectivity index (χ3v) is 7.19. The Morgan fingerprint density at radius 3 is 2.50 bits per heavy atom. The van der Waals surface area contributed by atoms with Crippen LogP contribution in [-0.4, -0.2) is 15.0 Å². The van der Waals surface area contributed by atoms with Crippen LogP contribution in [0.3, 0.4) is 0 Å². The van der Waals surface area contributed by atoms with E-state index in [-0.39, 0.29) is 12.0 Å². The molecule has 0 saturated heterocycles. The molecular weight excluding hydrogens is 352 g/mol. The standard InChI is InChI=1S/C17H19F2NO2S2/c18-13-6-7-15(14(19)11-13)24(21,22)20-12-17(8-2-1-3-9-17)16-5-4-10-23-16/h4-7,10-11,20H,1-3,8-9,12H2. The molecule has 1 N–H and O–H groups in total. The first-order valence-corrected chi connectivity index (χ1v) is 10.3. The molecule has 0 aliphatic heterocycles. The van der Waals surface area contributed by atoms with Crippen molar-refractivity contribution >= 4 is 21.4 Å². The zero-order valence-corrected chi connectivity index (χ0v) is 14.7. The van der Waals surface area contributed by atoms with Gasteiger partial charge in [0.1, 0.15) is 16.5 Å². The Balaban J connectivity index is 1.84. The summed E-state index contributed by atoms with van der Waals surface area (Å²) in [6.45, 7) is 0.229. The molecule has 3 nitrogen and oxygen atoms in total. The van der Waals surface area contributed by atoms with Crippen molar-refractivity contribution in [3.05, 3.63) is 52.2 Å². The third-order valence-electron chi connectivity index (χ3n) is 4.64. The van der Waals surface area contributed by atoms with E-state index in [1.54, 1.807) is 11.3 Å². The Labute approximate surface area is 144 Å². The van der Waals surface area contributed by atoms with Gasteiger partial charge in [-0.1, -0.05) is 25.3 Å². The van der Waals surface area contributed by atoms with Crippen LogP contribution in [0.1, 0.15) is 37.0 Å². The van der Waals surface area contributed by atoms with E-state index in [2.05, 4.69) is 4.72 Å². The van der Waals surface area contributed by atoms with Gasteiger partial charge in [-0.15, -0.1) is 11.3 Å². The number of hydrogen-bond donors (Lipinski definition) is 1. The van der Waals surface area contributed by atoms with Crippen molar-refractivity contribution in [3.8, 4) is 0 Å². The van der Waals surface area contributed by atoms with Crippen molar-refractivity contribution in [3.63, 3.8) is 0 Å². The highest BCUT2D eigenvalue weighted by Gasteiger charge is 2.36. The summed E-state index contributed by atoms with van der Waals surface area (Å²) in [4.78, 5) is 0.644. The molecule has 0 bridgehead atoms. The normalized spacial score (nSPS) is 17.8. The van der Waals surface area contributed by atoms with Gasteiger partial charge >= 0.3 is 0 Å². The lowest BCUT2D eigenvalue weighted by atomic mass is 9.73. The first kappa shape index (κ1) is 17.5. The van der Waals surface area contributed by atoms with Crippen LogP contribution in [0.15, 0.2) is 40.6 Å². The van der Waals surface area contributed by atoms with Crippen molar-refractivity contribution in [2.75, 3.05) is 6.54 Å². The fourth-order valence-electron chi connectivity index (χ4n) is 3.32. The molecule has 7 heteroatoms. The minimum absolute atomic E-state index is 0.229. The Morgan fingerprint density at radius 1 is 1.12 bits per heavy atom. The lowest BCUT2D eigenvalue weighted by Gasteiger charge is -2.36. The highest BCUT2D eigenvalue weighted by molar-refractivity contribution is 7.89. The maximum Gasteiger partial charge on any atom is 0.243 e. The average Bonchev–Trinajstić information content (AvgIpc) is 3.09. The molecule has 0 atom stereocenters. The second kappa shape index (κ2) is 6.90. The lowest BCUT2D eigenvalue weighted by molar-refractivity contribution is 0.298. The quantitative estimate of drug-likeness (QED) is 0.856. The maximum absolute atomic E-state index is 13.8. The van der Waals surface area contributed by atoms with Crippen LogP contribution < -0.4 is 4.72 Å². The highest BCUT2D eigenvalue weighted by Crippen LogP contribution is 2.41. The summed E-state index contributed by atoms with van der Waals surface area (Å²) in [5, 5.41) is 1.99. The van der Waals surface area contributed by atoms with Gasteiger partial charge in [0, 0.05) is 22.9 Å². The van der Waals surface area contributed by atoms with Crippen LogP contribution in [0, 0.1) is 11.6 Å². The van der Waals surface area contributed by atoms with Gasteiger partial charge in [-0.25, -0.2) is 21.9 Å². The molecule has 1 fully saturated rings. The van der Waals surface area contributed by atoms with Crippen LogP contribution in [-0.2, 0) is 15.4 Å². The first-order chi connectivity index (χ1) is 11.4. The summed E-state index contributed by atoms with van der Waals surface area (Å²) in [6.07, 6.45) is 5.05. The Bertz CT molecular complexity index is 798. The second-order valence-corrected chi connectivity index (χ2v) is 8.90. The first-order valence-electron chi connectivity index (χ1n) is 7.92. The molecule has 3 rings (SSSR count). The molecule has 1 heterocycles. The number of benzene rings is 1. The third kappa shape index (κ3) is 3.53. The predicted molar refractivity (Wildman–Crippen MR) is 90.6 cm³/mol. The van der Waals surface area contributed by atoms with Crippen LogP contribution in [0.4, 0.5) is 8.78 Å². The van der Waals surface area contributed by atoms with Gasteiger partial charge in [0.25, 0.3) is 0 Å². The number of nitrogens with one attached hydrogen (secondary N) is 1. The fourth-order valence-corrected chi connectivity index (χ4v) is 5.50. The van der Waals surface area contributed by atoms with Gasteiger partial charge in [-0.3, -0.25) is 0 Å². The SMILES string of the molecule is O=S(=O)(NCC1(c2cccs2)CCCCC1)c1ccc(F)cc1F. The topological polar surface area (TPSA) is 46.2 Å². The van der Waals surface area contributed by atoms with Gasteiger partial charge in [-0.05, 0) is 36.4 Å². The van der Waals surface area contributed by atoms with Crippen molar-refractivity contribution in [2.45, 2.75) is 42.4 Å². The Morgan fingerprint density at radius 2 is 1.88 bits per heavy atom. The second-order valence-electron chi connectivity index (χ2n) is 6.22. The van der Waals surface area contributed by atoms with Crippen molar-refractivity contribution < 1.29 is 17.2 Å². The number of halogens is 2. The van der Waals surface area contributed by atoms with Crippen LogP contribution in [0.5, 0.6) is 0 Å². The summed E-state index contributed by atoms with van der Waals surface area (Å²) in [7, 11) is -4.02. The molecule has 1 aromatic heterocycles. The summed E-state index contributed by atoms with van der Waals surface area (Å²) >= 11 is 1.62. The largest absolute Gasteiger partial charge is 0.243 e. The number of sulfonamides is 1. The molecule has 2 aromatic rings. The summed E-state index contributed by atoms with van der Waals surface area (Å²) in [5.74, 6) is -1.87. The molecule has 0 unspecified atom stereocenters. The molecule has 1 saturated carbocycles. The van der Waals surface area contributed by atoms with Crippen molar-refractivity contribution in [1.82, 2.24) is 4.72 Å². The van der Waals surface area contributed by atoms with Gasteiger partial charge < -0.3 is 0 Å². The molecule has 1 aromatic carbocycles. The number of thiophene rings is 1. The molecule has 24 heavy (non-hydrogen) atoms. The monoisotopic (exact) mass is 371 g/mol. The van der Waals surface area contributed by atoms with Gasteiger partial charge in [0.15, 0.2) is 0 Å². The van der Waals surface area contributed by atoms with Crippen molar-refractivity contribution in [1.29, 1.82) is 0 Å². The van der Waals surface area contributed by atoms with Crippen LogP contribution in [0.25, 0.3) is 0 Å². The average molecular weight is 371 g/mol. The zero-order chi connectivity index (χ0) is 17.2. The Kier molecular flexibility index (Phi) is 5.03. The molecule has 1 aliphatic carbocycles. The maximum atomic E-state index is 13.8.